The highest BCUT2D eigenvalue weighted by atomic mass is 32.2. The highest BCUT2D eigenvalue weighted by Gasteiger charge is 2.29. The Kier molecular flexibility index (Phi) is 9.60. The SMILES string of the molecule is CCC(=O)N(CCS(=O)(=O)N(CCCCC(F)(F)F)c1sc2ccccc2c1C)CC(C)C. The summed E-state index contributed by atoms with van der Waals surface area (Å²) in [6.45, 7) is 7.95. The van der Waals surface area contributed by atoms with E-state index in [1.54, 1.807) is 11.8 Å². The van der Waals surface area contributed by atoms with Gasteiger partial charge in [0, 0.05) is 37.2 Å². The molecule has 0 spiro atoms. The molecule has 2 aromatic rings. The fourth-order valence-corrected chi connectivity index (χ4v) is 6.73. The van der Waals surface area contributed by atoms with Gasteiger partial charge in [-0.05, 0) is 42.7 Å². The van der Waals surface area contributed by atoms with Crippen LogP contribution in [0, 0.1) is 12.8 Å². The molecule has 0 saturated carbocycles. The molecule has 33 heavy (non-hydrogen) atoms. The Balaban J connectivity index is 2.30. The Hall–Kier alpha value is -1.81. The summed E-state index contributed by atoms with van der Waals surface area (Å²) < 4.78 is 66.8. The summed E-state index contributed by atoms with van der Waals surface area (Å²) in [5.41, 5.74) is 0.790. The van der Waals surface area contributed by atoms with Crippen LogP contribution in [-0.2, 0) is 14.8 Å². The molecule has 1 heterocycles. The minimum atomic E-state index is -4.27. The van der Waals surface area contributed by atoms with Crippen LogP contribution in [0.15, 0.2) is 24.3 Å². The van der Waals surface area contributed by atoms with Crippen LogP contribution in [0.2, 0.25) is 0 Å². The number of benzene rings is 1. The predicted molar refractivity (Wildman–Crippen MR) is 129 cm³/mol. The lowest BCUT2D eigenvalue weighted by atomic mass is 10.2. The van der Waals surface area contributed by atoms with Crippen molar-refractivity contribution in [1.29, 1.82) is 0 Å². The van der Waals surface area contributed by atoms with E-state index in [2.05, 4.69) is 0 Å². The Bertz CT molecular complexity index is 1030. The number of halogens is 3. The lowest BCUT2D eigenvalue weighted by molar-refractivity contribution is -0.135. The molecular formula is C23H33F3N2O3S2. The molecule has 1 aromatic heterocycles. The molecule has 1 amide bonds. The third kappa shape index (κ3) is 7.88. The summed E-state index contributed by atoms with van der Waals surface area (Å²) in [6, 6.07) is 7.54. The van der Waals surface area contributed by atoms with Gasteiger partial charge in [0.25, 0.3) is 0 Å². The maximum absolute atomic E-state index is 13.4. The number of unbranched alkanes of at least 4 members (excludes halogenated alkanes) is 1. The van der Waals surface area contributed by atoms with E-state index in [0.29, 0.717) is 11.5 Å². The number of hydrogen-bond donors (Lipinski definition) is 0. The maximum atomic E-state index is 13.4. The molecular weight excluding hydrogens is 473 g/mol. The van der Waals surface area contributed by atoms with Gasteiger partial charge in [0.2, 0.25) is 15.9 Å². The van der Waals surface area contributed by atoms with E-state index in [1.807, 2.05) is 45.0 Å². The average Bonchev–Trinajstić information content (AvgIpc) is 3.05. The van der Waals surface area contributed by atoms with E-state index < -0.39 is 22.6 Å². The van der Waals surface area contributed by atoms with Crippen LogP contribution >= 0.6 is 11.3 Å². The van der Waals surface area contributed by atoms with Crippen molar-refractivity contribution < 1.29 is 26.4 Å². The van der Waals surface area contributed by atoms with Gasteiger partial charge in [-0.2, -0.15) is 13.2 Å². The number of alkyl halides is 3. The fraction of sp³-hybridized carbons (Fsp3) is 0.609. The highest BCUT2D eigenvalue weighted by molar-refractivity contribution is 7.93. The van der Waals surface area contributed by atoms with E-state index >= 15 is 0 Å². The van der Waals surface area contributed by atoms with Crippen molar-refractivity contribution in [1.82, 2.24) is 4.90 Å². The largest absolute Gasteiger partial charge is 0.389 e. The number of nitrogens with zero attached hydrogens (tertiary/aromatic N) is 2. The van der Waals surface area contributed by atoms with Gasteiger partial charge < -0.3 is 4.90 Å². The number of fused-ring (bicyclic) bond motifs is 1. The number of carbonyl (C=O) groups is 1. The van der Waals surface area contributed by atoms with Crippen molar-refractivity contribution in [2.45, 2.75) is 59.6 Å². The van der Waals surface area contributed by atoms with Gasteiger partial charge in [0.1, 0.15) is 5.00 Å². The first-order valence-corrected chi connectivity index (χ1v) is 13.6. The molecule has 0 radical (unpaired) electrons. The average molecular weight is 507 g/mol. The smallest absolute Gasteiger partial charge is 0.341 e. The Labute approximate surface area is 198 Å². The first kappa shape index (κ1) is 27.4. The number of hydrogen-bond acceptors (Lipinski definition) is 4. The number of amides is 1. The molecule has 1 aromatic carbocycles. The first-order chi connectivity index (χ1) is 15.4. The zero-order valence-corrected chi connectivity index (χ0v) is 21.2. The number of thiophene rings is 1. The molecule has 0 fully saturated rings. The second-order valence-electron chi connectivity index (χ2n) is 8.58. The van der Waals surface area contributed by atoms with Crippen LogP contribution < -0.4 is 4.31 Å². The monoisotopic (exact) mass is 506 g/mol. The number of aryl methyl sites for hydroxylation is 1. The van der Waals surface area contributed by atoms with Gasteiger partial charge in [-0.15, -0.1) is 11.3 Å². The minimum Gasteiger partial charge on any atom is -0.341 e. The van der Waals surface area contributed by atoms with Gasteiger partial charge in [-0.3, -0.25) is 9.10 Å². The lowest BCUT2D eigenvalue weighted by Gasteiger charge is -2.28. The number of anilines is 1. The fourth-order valence-electron chi connectivity index (χ4n) is 3.67. The molecule has 2 rings (SSSR count). The minimum absolute atomic E-state index is 0.0298. The van der Waals surface area contributed by atoms with Crippen LogP contribution in [0.25, 0.3) is 10.1 Å². The van der Waals surface area contributed by atoms with Gasteiger partial charge in [-0.25, -0.2) is 8.42 Å². The molecule has 10 heteroatoms. The molecule has 0 unspecified atom stereocenters. The lowest BCUT2D eigenvalue weighted by Crippen LogP contribution is -2.41. The molecule has 5 nitrogen and oxygen atoms in total. The Morgan fingerprint density at radius 1 is 1.12 bits per heavy atom. The van der Waals surface area contributed by atoms with E-state index in [-0.39, 0.29) is 49.9 Å². The molecule has 0 atom stereocenters. The van der Waals surface area contributed by atoms with Crippen molar-refractivity contribution in [2.75, 3.05) is 29.7 Å². The van der Waals surface area contributed by atoms with Crippen molar-refractivity contribution >= 4 is 42.4 Å². The van der Waals surface area contributed by atoms with Crippen molar-refractivity contribution in [3.63, 3.8) is 0 Å². The normalized spacial score (nSPS) is 12.5. The third-order valence-electron chi connectivity index (χ3n) is 5.31. The van der Waals surface area contributed by atoms with Crippen LogP contribution in [-0.4, -0.2) is 50.8 Å². The van der Waals surface area contributed by atoms with Gasteiger partial charge >= 0.3 is 6.18 Å². The summed E-state index contributed by atoms with van der Waals surface area (Å²) in [6.07, 6.45) is -4.98. The topological polar surface area (TPSA) is 57.7 Å². The second kappa shape index (κ2) is 11.6. The van der Waals surface area contributed by atoms with Crippen LogP contribution in [0.5, 0.6) is 0 Å². The standard InChI is InChI=1S/C23H33F3N2O3S2/c1-5-21(29)27(16-17(2)3)14-15-33(30,31)28(13-9-8-12-23(24,25)26)22-18(4)19-10-6-7-11-20(19)32-22/h6-7,10-11,17H,5,8-9,12-16H2,1-4H3. The molecule has 0 aliphatic carbocycles. The van der Waals surface area contributed by atoms with E-state index in [9.17, 15) is 26.4 Å². The third-order valence-corrected chi connectivity index (χ3v) is 8.46. The van der Waals surface area contributed by atoms with Crippen molar-refractivity contribution in [3.8, 4) is 0 Å². The highest BCUT2D eigenvalue weighted by Crippen LogP contribution is 2.39. The Morgan fingerprint density at radius 3 is 2.36 bits per heavy atom. The number of sulfonamides is 1. The summed E-state index contributed by atoms with van der Waals surface area (Å²) in [5.74, 6) is -0.210. The first-order valence-electron chi connectivity index (χ1n) is 11.2. The van der Waals surface area contributed by atoms with Gasteiger partial charge in [0.15, 0.2) is 0 Å². The van der Waals surface area contributed by atoms with E-state index in [4.69, 9.17) is 0 Å². The Morgan fingerprint density at radius 2 is 1.79 bits per heavy atom. The van der Waals surface area contributed by atoms with Crippen molar-refractivity contribution in [2.24, 2.45) is 5.92 Å². The molecule has 0 N–H and O–H groups in total. The zero-order chi connectivity index (χ0) is 24.8. The summed E-state index contributed by atoms with van der Waals surface area (Å²) in [4.78, 5) is 13.9. The van der Waals surface area contributed by atoms with Crippen LogP contribution in [0.4, 0.5) is 18.2 Å². The molecule has 0 saturated heterocycles. The molecule has 0 aliphatic rings. The summed E-state index contributed by atoms with van der Waals surface area (Å²) in [7, 11) is -3.87. The van der Waals surface area contributed by atoms with Crippen LogP contribution in [0.1, 0.15) is 52.0 Å². The maximum Gasteiger partial charge on any atom is 0.389 e. The van der Waals surface area contributed by atoms with Gasteiger partial charge in [0.05, 0.1) is 5.75 Å². The van der Waals surface area contributed by atoms with Crippen molar-refractivity contribution in [3.05, 3.63) is 29.8 Å². The molecule has 186 valence electrons. The van der Waals surface area contributed by atoms with Crippen LogP contribution in [0.3, 0.4) is 0 Å². The van der Waals surface area contributed by atoms with Gasteiger partial charge in [-0.1, -0.05) is 39.0 Å². The molecule has 0 aliphatic heterocycles. The summed E-state index contributed by atoms with van der Waals surface area (Å²) in [5, 5.41) is 1.45. The van der Waals surface area contributed by atoms with E-state index in [0.717, 1.165) is 15.6 Å². The zero-order valence-electron chi connectivity index (χ0n) is 19.6. The van der Waals surface area contributed by atoms with E-state index in [1.165, 1.54) is 15.6 Å². The summed E-state index contributed by atoms with van der Waals surface area (Å²) >= 11 is 1.32. The number of carbonyl (C=O) groups excluding carboxylic acids is 1. The number of rotatable bonds is 12. The molecule has 0 bridgehead atoms. The predicted octanol–water partition coefficient (Wildman–Crippen LogP) is 5.97. The quantitative estimate of drug-likeness (QED) is 0.333. The second-order valence-corrected chi connectivity index (χ2v) is 11.6.